The van der Waals surface area contributed by atoms with Crippen LogP contribution in [0.4, 0.5) is 11.4 Å². The molecule has 9 heteroatoms. The molecule has 0 saturated heterocycles. The number of nitrogens with one attached hydrogen (secondary N) is 1. The number of amides is 1. The Morgan fingerprint density at radius 2 is 1.79 bits per heavy atom. The molecule has 3 aromatic carbocycles. The quantitative estimate of drug-likeness (QED) is 0.374. The van der Waals surface area contributed by atoms with Crippen LogP contribution in [0, 0.1) is 0 Å². The number of hydrogen-bond donors (Lipinski definition) is 1. The summed E-state index contributed by atoms with van der Waals surface area (Å²) in [5.41, 5.74) is 2.29. The predicted molar refractivity (Wildman–Crippen MR) is 136 cm³/mol. The van der Waals surface area contributed by atoms with Crippen molar-refractivity contribution in [1.29, 1.82) is 0 Å². The summed E-state index contributed by atoms with van der Waals surface area (Å²) in [6.07, 6.45) is 2.38. The van der Waals surface area contributed by atoms with Crippen LogP contribution in [0.2, 0.25) is 10.0 Å². The predicted octanol–water partition coefficient (Wildman–Crippen LogP) is 5.93. The van der Waals surface area contributed by atoms with Crippen LogP contribution in [0.1, 0.15) is 24.8 Å². The van der Waals surface area contributed by atoms with E-state index in [1.54, 1.807) is 30.3 Å². The minimum atomic E-state index is -3.69. The molecule has 0 saturated carbocycles. The topological polar surface area (TPSA) is 75.7 Å². The molecule has 0 aliphatic carbocycles. The van der Waals surface area contributed by atoms with Crippen LogP contribution in [-0.2, 0) is 21.2 Å². The van der Waals surface area contributed by atoms with Crippen molar-refractivity contribution < 1.29 is 17.9 Å². The van der Waals surface area contributed by atoms with Gasteiger partial charge in [-0.15, -0.1) is 0 Å². The van der Waals surface area contributed by atoms with E-state index in [9.17, 15) is 13.2 Å². The fourth-order valence-electron chi connectivity index (χ4n) is 3.82. The van der Waals surface area contributed by atoms with Crippen LogP contribution in [0.25, 0.3) is 0 Å². The molecule has 0 spiro atoms. The van der Waals surface area contributed by atoms with Crippen LogP contribution in [0.5, 0.6) is 5.75 Å². The molecule has 1 aliphatic heterocycles. The highest BCUT2D eigenvalue weighted by molar-refractivity contribution is 7.92. The van der Waals surface area contributed by atoms with Crippen LogP contribution in [0.3, 0.4) is 0 Å². The van der Waals surface area contributed by atoms with E-state index in [1.165, 1.54) is 16.4 Å². The van der Waals surface area contributed by atoms with Crippen molar-refractivity contribution in [3.05, 3.63) is 82.3 Å². The first-order chi connectivity index (χ1) is 16.3. The number of fused-ring (bicyclic) bond motifs is 1. The molecule has 0 bridgehead atoms. The first-order valence-electron chi connectivity index (χ1n) is 10.9. The Bertz CT molecular complexity index is 1280. The van der Waals surface area contributed by atoms with Gasteiger partial charge >= 0.3 is 0 Å². The molecule has 0 atom stereocenters. The Balaban J connectivity index is 1.31. The van der Waals surface area contributed by atoms with E-state index >= 15 is 0 Å². The van der Waals surface area contributed by atoms with Gasteiger partial charge in [-0.1, -0.05) is 41.4 Å². The fourth-order valence-corrected chi connectivity index (χ4v) is 5.82. The van der Waals surface area contributed by atoms with E-state index in [0.29, 0.717) is 41.1 Å². The summed E-state index contributed by atoms with van der Waals surface area (Å²) in [5, 5.41) is 3.73. The number of carbonyl (C=O) groups excluding carboxylic acids is 1. The third-order valence-corrected chi connectivity index (χ3v) is 7.85. The summed E-state index contributed by atoms with van der Waals surface area (Å²) in [5.74, 6) is 0.325. The lowest BCUT2D eigenvalue weighted by molar-refractivity contribution is -0.116. The molecule has 3 aromatic rings. The summed E-state index contributed by atoms with van der Waals surface area (Å²) in [4.78, 5) is 12.5. The van der Waals surface area contributed by atoms with Crippen molar-refractivity contribution in [3.8, 4) is 5.75 Å². The van der Waals surface area contributed by atoms with Gasteiger partial charge < -0.3 is 10.1 Å². The van der Waals surface area contributed by atoms with E-state index in [1.807, 2.05) is 24.3 Å². The van der Waals surface area contributed by atoms with Gasteiger partial charge in [0.15, 0.2) is 0 Å². The highest BCUT2D eigenvalue weighted by Crippen LogP contribution is 2.32. The molecule has 0 fully saturated rings. The largest absolute Gasteiger partial charge is 0.492 e. The maximum absolute atomic E-state index is 13.2. The van der Waals surface area contributed by atoms with Crippen molar-refractivity contribution in [1.82, 2.24) is 0 Å². The number of para-hydroxylation sites is 1. The summed E-state index contributed by atoms with van der Waals surface area (Å²) >= 11 is 11.9. The second kappa shape index (κ2) is 10.7. The van der Waals surface area contributed by atoms with Crippen LogP contribution >= 0.6 is 23.2 Å². The minimum Gasteiger partial charge on any atom is -0.492 e. The Hall–Kier alpha value is -2.74. The Kier molecular flexibility index (Phi) is 7.66. The molecule has 1 N–H and O–H groups in total. The number of sulfonamides is 1. The van der Waals surface area contributed by atoms with Crippen molar-refractivity contribution >= 4 is 50.5 Å². The summed E-state index contributed by atoms with van der Waals surface area (Å²) in [6, 6.07) is 18.8. The first kappa shape index (κ1) is 24.4. The average Bonchev–Trinajstić information content (AvgIpc) is 2.83. The number of aryl methyl sites for hydroxylation is 1. The number of halogens is 2. The van der Waals surface area contributed by atoms with Crippen LogP contribution in [-0.4, -0.2) is 27.5 Å². The number of anilines is 2. The van der Waals surface area contributed by atoms with Gasteiger partial charge in [0, 0.05) is 23.7 Å². The van der Waals surface area contributed by atoms with Crippen molar-refractivity contribution in [3.63, 3.8) is 0 Å². The maximum Gasteiger partial charge on any atom is 0.264 e. The second-order valence-corrected chi connectivity index (χ2v) is 10.6. The molecule has 0 unspecified atom stereocenters. The first-order valence-corrected chi connectivity index (χ1v) is 13.1. The number of carbonyl (C=O) groups is 1. The minimum absolute atomic E-state index is 0.189. The lowest BCUT2D eigenvalue weighted by atomic mass is 10.0. The Morgan fingerprint density at radius 1 is 1.03 bits per heavy atom. The highest BCUT2D eigenvalue weighted by atomic mass is 35.5. The molecule has 4 rings (SSSR count). The third-order valence-electron chi connectivity index (χ3n) is 5.49. The summed E-state index contributed by atoms with van der Waals surface area (Å²) in [7, 11) is -3.69. The van der Waals surface area contributed by atoms with E-state index in [4.69, 9.17) is 27.9 Å². The molecule has 0 radical (unpaired) electrons. The van der Waals surface area contributed by atoms with E-state index in [0.717, 1.165) is 24.1 Å². The zero-order valence-corrected chi connectivity index (χ0v) is 20.7. The number of nitrogens with zero attached hydrogens (tertiary/aromatic N) is 1. The van der Waals surface area contributed by atoms with E-state index in [2.05, 4.69) is 5.32 Å². The lowest BCUT2D eigenvalue weighted by Crippen LogP contribution is -2.35. The molecule has 1 amide bonds. The SMILES string of the molecule is O=C(CCCOc1ccc(Cl)cc1Cl)Nc1ccc(S(=O)(=O)N2CCCc3ccccc32)cc1. The van der Waals surface area contributed by atoms with Gasteiger partial charge in [0.1, 0.15) is 5.75 Å². The lowest BCUT2D eigenvalue weighted by Gasteiger charge is -2.30. The maximum atomic E-state index is 13.2. The number of benzene rings is 3. The van der Waals surface area contributed by atoms with Gasteiger partial charge in [0.25, 0.3) is 10.0 Å². The van der Waals surface area contributed by atoms with Gasteiger partial charge in [-0.25, -0.2) is 8.42 Å². The molecule has 1 heterocycles. The van der Waals surface area contributed by atoms with Gasteiger partial charge in [-0.05, 0) is 73.4 Å². The van der Waals surface area contributed by atoms with Crippen molar-refractivity contribution in [2.24, 2.45) is 0 Å². The summed E-state index contributed by atoms with van der Waals surface area (Å²) in [6.45, 7) is 0.768. The number of rotatable bonds is 8. The number of ether oxygens (including phenoxy) is 1. The van der Waals surface area contributed by atoms with Gasteiger partial charge in [0.2, 0.25) is 5.91 Å². The Morgan fingerprint density at radius 3 is 2.56 bits per heavy atom. The molecular weight excluding hydrogens is 495 g/mol. The molecule has 6 nitrogen and oxygen atoms in total. The highest BCUT2D eigenvalue weighted by Gasteiger charge is 2.28. The van der Waals surface area contributed by atoms with Crippen LogP contribution < -0.4 is 14.4 Å². The van der Waals surface area contributed by atoms with Gasteiger partial charge in [-0.2, -0.15) is 0 Å². The van der Waals surface area contributed by atoms with Crippen LogP contribution in [0.15, 0.2) is 71.6 Å². The van der Waals surface area contributed by atoms with Crippen molar-refractivity contribution in [2.75, 3.05) is 22.8 Å². The zero-order valence-electron chi connectivity index (χ0n) is 18.3. The zero-order chi connectivity index (χ0) is 24.1. The molecule has 34 heavy (non-hydrogen) atoms. The number of hydrogen-bond acceptors (Lipinski definition) is 4. The molecule has 178 valence electrons. The van der Waals surface area contributed by atoms with E-state index in [-0.39, 0.29) is 17.2 Å². The fraction of sp³-hybridized carbons (Fsp3) is 0.240. The normalized spacial score (nSPS) is 13.3. The standard InChI is InChI=1S/C25H24Cl2N2O4S/c26-19-9-14-24(22(27)17-19)33-16-4-8-25(30)28-20-10-12-21(13-11-20)34(31,32)29-15-3-6-18-5-1-2-7-23(18)29/h1-2,5,7,9-14,17H,3-4,6,8,15-16H2,(H,28,30). The van der Waals surface area contributed by atoms with Gasteiger partial charge in [-0.3, -0.25) is 9.10 Å². The summed E-state index contributed by atoms with van der Waals surface area (Å²) < 4.78 is 33.5. The molecule has 0 aromatic heterocycles. The monoisotopic (exact) mass is 518 g/mol. The molecule has 1 aliphatic rings. The molecular formula is C25H24Cl2N2O4S. The van der Waals surface area contributed by atoms with Gasteiger partial charge in [0.05, 0.1) is 22.2 Å². The second-order valence-electron chi connectivity index (χ2n) is 7.91. The third kappa shape index (κ3) is 5.66. The Labute approximate surface area is 209 Å². The van der Waals surface area contributed by atoms with E-state index < -0.39 is 10.0 Å². The van der Waals surface area contributed by atoms with Crippen molar-refractivity contribution in [2.45, 2.75) is 30.6 Å². The smallest absolute Gasteiger partial charge is 0.264 e. The average molecular weight is 519 g/mol.